The lowest BCUT2D eigenvalue weighted by atomic mass is 9.87. The summed E-state index contributed by atoms with van der Waals surface area (Å²) in [6, 6.07) is 12.4. The predicted molar refractivity (Wildman–Crippen MR) is 130 cm³/mol. The molecule has 1 fully saturated rings. The highest BCUT2D eigenvalue weighted by molar-refractivity contribution is 6.11. The number of imide groups is 1. The molecule has 182 valence electrons. The van der Waals surface area contributed by atoms with E-state index in [9.17, 15) is 18.8 Å². The summed E-state index contributed by atoms with van der Waals surface area (Å²) in [5.74, 6) is -1.07. The van der Waals surface area contributed by atoms with Crippen molar-refractivity contribution in [1.82, 2.24) is 20.1 Å². The number of carbonyl (C=O) groups excluding carboxylic acids is 3. The van der Waals surface area contributed by atoms with E-state index in [0.717, 1.165) is 32.6 Å². The van der Waals surface area contributed by atoms with Crippen LogP contribution in [0.4, 0.5) is 9.18 Å². The van der Waals surface area contributed by atoms with Crippen molar-refractivity contribution < 1.29 is 18.8 Å². The Kier molecular flexibility index (Phi) is 5.62. The van der Waals surface area contributed by atoms with Gasteiger partial charge in [-0.3, -0.25) is 9.59 Å². The van der Waals surface area contributed by atoms with Gasteiger partial charge in [-0.2, -0.15) is 0 Å². The molecule has 2 N–H and O–H groups in total. The maximum Gasteiger partial charge on any atom is 0.328 e. The summed E-state index contributed by atoms with van der Waals surface area (Å²) in [6.45, 7) is 6.25. The molecule has 0 spiro atoms. The fourth-order valence-corrected chi connectivity index (χ4v) is 5.38. The first kappa shape index (κ1) is 23.1. The number of halogens is 1. The summed E-state index contributed by atoms with van der Waals surface area (Å²) in [7, 11) is 0. The fraction of sp³-hybridized carbons (Fsp3) is 0.370. The Morgan fingerprint density at radius 2 is 1.86 bits per heavy atom. The van der Waals surface area contributed by atoms with Crippen LogP contribution in [0.2, 0.25) is 0 Å². The van der Waals surface area contributed by atoms with Crippen molar-refractivity contribution in [2.45, 2.75) is 51.7 Å². The zero-order valence-corrected chi connectivity index (χ0v) is 20.1. The summed E-state index contributed by atoms with van der Waals surface area (Å²) in [5.41, 5.74) is 2.23. The van der Waals surface area contributed by atoms with Crippen LogP contribution >= 0.6 is 0 Å². The first-order chi connectivity index (χ1) is 16.7. The largest absolute Gasteiger partial charge is 0.356 e. The Balaban J connectivity index is 1.47. The molecule has 4 amide bonds. The summed E-state index contributed by atoms with van der Waals surface area (Å²) in [6.07, 6.45) is 0.976. The van der Waals surface area contributed by atoms with Crippen molar-refractivity contribution in [2.24, 2.45) is 5.92 Å². The van der Waals surface area contributed by atoms with Gasteiger partial charge in [0, 0.05) is 24.0 Å². The Morgan fingerprint density at radius 3 is 2.57 bits per heavy atom. The van der Waals surface area contributed by atoms with Crippen LogP contribution in [-0.4, -0.2) is 45.2 Å². The third-order valence-corrected chi connectivity index (χ3v) is 7.19. The van der Waals surface area contributed by atoms with Crippen molar-refractivity contribution in [2.75, 3.05) is 6.54 Å². The third kappa shape index (κ3) is 3.68. The average Bonchev–Trinajstić information content (AvgIpc) is 3.31. The molecular formula is C27H29FN4O3. The number of aromatic nitrogens is 1. The van der Waals surface area contributed by atoms with Crippen LogP contribution in [0.3, 0.4) is 0 Å². The van der Waals surface area contributed by atoms with Gasteiger partial charge in [-0.25, -0.2) is 14.1 Å². The maximum absolute atomic E-state index is 14.0. The summed E-state index contributed by atoms with van der Waals surface area (Å²) in [4.78, 5) is 47.1. The van der Waals surface area contributed by atoms with E-state index in [4.69, 9.17) is 0 Å². The van der Waals surface area contributed by atoms with E-state index >= 15 is 0 Å². The van der Waals surface area contributed by atoms with Crippen LogP contribution in [0.1, 0.15) is 44.0 Å². The highest BCUT2D eigenvalue weighted by Crippen LogP contribution is 2.44. The molecular weight excluding hydrogens is 447 g/mol. The molecule has 0 radical (unpaired) electrons. The number of rotatable bonds is 6. The van der Waals surface area contributed by atoms with Gasteiger partial charge in [0.05, 0.1) is 5.69 Å². The molecule has 0 bridgehead atoms. The van der Waals surface area contributed by atoms with Crippen molar-refractivity contribution >= 4 is 28.7 Å². The quantitative estimate of drug-likeness (QED) is 0.526. The molecule has 2 atom stereocenters. The number of hydrogen-bond donors (Lipinski definition) is 2. The van der Waals surface area contributed by atoms with Crippen LogP contribution in [0.25, 0.3) is 10.9 Å². The molecule has 35 heavy (non-hydrogen) atoms. The van der Waals surface area contributed by atoms with E-state index in [1.807, 2.05) is 38.1 Å². The van der Waals surface area contributed by atoms with Crippen LogP contribution < -0.4 is 5.32 Å². The Hall–Kier alpha value is -3.68. The van der Waals surface area contributed by atoms with E-state index < -0.39 is 29.4 Å². The van der Waals surface area contributed by atoms with Gasteiger partial charge in [-0.05, 0) is 55.0 Å². The number of para-hydroxylation sites is 1. The van der Waals surface area contributed by atoms with Crippen LogP contribution in [0.5, 0.6) is 0 Å². The minimum atomic E-state index is -1.20. The summed E-state index contributed by atoms with van der Waals surface area (Å²) in [5, 5.41) is 3.90. The number of carbonyl (C=O) groups is 3. The predicted octanol–water partition coefficient (Wildman–Crippen LogP) is 4.07. The molecule has 2 aromatic carbocycles. The maximum atomic E-state index is 14.0. The zero-order chi connectivity index (χ0) is 24.9. The lowest BCUT2D eigenvalue weighted by Gasteiger charge is -2.36. The number of benzene rings is 2. The highest BCUT2D eigenvalue weighted by atomic mass is 19.1. The lowest BCUT2D eigenvalue weighted by Crippen LogP contribution is -2.51. The Morgan fingerprint density at radius 1 is 1.14 bits per heavy atom. The topological polar surface area (TPSA) is 85.5 Å². The van der Waals surface area contributed by atoms with Gasteiger partial charge in [0.25, 0.3) is 5.91 Å². The van der Waals surface area contributed by atoms with E-state index in [-0.39, 0.29) is 18.3 Å². The summed E-state index contributed by atoms with van der Waals surface area (Å²) < 4.78 is 13.2. The van der Waals surface area contributed by atoms with Gasteiger partial charge in [-0.15, -0.1) is 0 Å². The van der Waals surface area contributed by atoms with Gasteiger partial charge in [0.1, 0.15) is 11.9 Å². The lowest BCUT2D eigenvalue weighted by molar-refractivity contribution is -0.140. The van der Waals surface area contributed by atoms with Crippen molar-refractivity contribution in [3.8, 4) is 0 Å². The monoisotopic (exact) mass is 476 g/mol. The standard InChI is InChI=1S/C27H29FN4O3/c1-16(2)14-22(24(33)29-15-17-8-10-18(28)11-9-17)32-25(34)27(3)23-20(12-13-31(27)26(32)35)19-6-4-5-7-21(19)30-23/h4-11,16,22,30H,12-15H2,1-3H3,(H,29,33)/t22-,27-/m0/s1. The van der Waals surface area contributed by atoms with Gasteiger partial charge < -0.3 is 15.2 Å². The van der Waals surface area contributed by atoms with Gasteiger partial charge in [-0.1, -0.05) is 44.2 Å². The molecule has 3 aromatic rings. The smallest absolute Gasteiger partial charge is 0.328 e. The molecule has 8 heteroatoms. The second kappa shape index (κ2) is 8.52. The van der Waals surface area contributed by atoms with Crippen molar-refractivity contribution in [3.63, 3.8) is 0 Å². The number of fused-ring (bicyclic) bond motifs is 5. The van der Waals surface area contributed by atoms with Crippen LogP contribution in [0.15, 0.2) is 48.5 Å². The number of amides is 4. The summed E-state index contributed by atoms with van der Waals surface area (Å²) >= 11 is 0. The van der Waals surface area contributed by atoms with E-state index in [2.05, 4.69) is 10.3 Å². The number of aromatic amines is 1. The van der Waals surface area contributed by atoms with Gasteiger partial charge in [0.15, 0.2) is 5.54 Å². The number of nitrogens with zero attached hydrogens (tertiary/aromatic N) is 2. The fourth-order valence-electron chi connectivity index (χ4n) is 5.38. The van der Waals surface area contributed by atoms with Gasteiger partial charge in [0.2, 0.25) is 5.91 Å². The molecule has 7 nitrogen and oxygen atoms in total. The number of nitrogens with one attached hydrogen (secondary N) is 2. The number of H-pyrrole nitrogens is 1. The molecule has 1 saturated heterocycles. The van der Waals surface area contributed by atoms with Gasteiger partial charge >= 0.3 is 6.03 Å². The first-order valence-corrected chi connectivity index (χ1v) is 12.0. The van der Waals surface area contributed by atoms with Crippen LogP contribution in [-0.2, 0) is 28.1 Å². The van der Waals surface area contributed by atoms with E-state index in [0.29, 0.717) is 19.4 Å². The Bertz CT molecular complexity index is 1320. The molecule has 1 aromatic heterocycles. The molecule has 3 heterocycles. The van der Waals surface area contributed by atoms with Crippen molar-refractivity contribution in [1.29, 1.82) is 0 Å². The van der Waals surface area contributed by atoms with Crippen molar-refractivity contribution in [3.05, 3.63) is 71.2 Å². The third-order valence-electron chi connectivity index (χ3n) is 7.19. The molecule has 0 saturated carbocycles. The second-order valence-corrected chi connectivity index (χ2v) is 9.95. The number of urea groups is 1. The average molecular weight is 477 g/mol. The second-order valence-electron chi connectivity index (χ2n) is 9.95. The van der Waals surface area contributed by atoms with E-state index in [1.54, 1.807) is 24.0 Å². The number of hydrogen-bond acceptors (Lipinski definition) is 3. The minimum absolute atomic E-state index is 0.0752. The molecule has 2 aliphatic heterocycles. The SMILES string of the molecule is CC(C)C[C@@H](C(=O)NCc1ccc(F)cc1)N1C(=O)N2CCc3c([nH]c4ccccc34)[C@@]2(C)C1=O. The first-order valence-electron chi connectivity index (χ1n) is 12.0. The molecule has 0 unspecified atom stereocenters. The molecule has 2 aliphatic rings. The zero-order valence-electron chi connectivity index (χ0n) is 20.1. The normalized spacial score (nSPS) is 20.4. The molecule has 5 rings (SSSR count). The minimum Gasteiger partial charge on any atom is -0.356 e. The molecule has 0 aliphatic carbocycles. The van der Waals surface area contributed by atoms with Crippen LogP contribution in [0, 0.1) is 11.7 Å². The highest BCUT2D eigenvalue weighted by Gasteiger charge is 2.60. The van der Waals surface area contributed by atoms with E-state index in [1.165, 1.54) is 12.1 Å². The Labute approximate surface area is 203 Å².